The third-order valence-corrected chi connectivity index (χ3v) is 12.1. The molecule has 12 unspecified atom stereocenters. The van der Waals surface area contributed by atoms with Crippen molar-refractivity contribution in [2.75, 3.05) is 19.8 Å². The maximum Gasteiger partial charge on any atom is 0.220 e. The van der Waals surface area contributed by atoms with E-state index < -0.39 is 86.8 Å². The third-order valence-electron chi connectivity index (χ3n) is 12.1. The predicted octanol–water partition coefficient (Wildman–Crippen LogP) is 6.82. The molecule has 0 aromatic rings. The number of amides is 1. The Balaban J connectivity index is 1.86. The van der Waals surface area contributed by atoms with Crippen molar-refractivity contribution in [2.45, 2.75) is 235 Å². The van der Waals surface area contributed by atoms with Gasteiger partial charge in [-0.05, 0) is 70.6 Å². The monoisotopic (exact) mass is 950 g/mol. The molecular formula is C53H91NO13. The second-order valence-corrected chi connectivity index (χ2v) is 17.9. The van der Waals surface area contributed by atoms with Crippen molar-refractivity contribution in [3.63, 3.8) is 0 Å². The van der Waals surface area contributed by atoms with E-state index in [2.05, 4.69) is 79.9 Å². The Labute approximate surface area is 402 Å². The van der Waals surface area contributed by atoms with Crippen LogP contribution in [0.2, 0.25) is 0 Å². The van der Waals surface area contributed by atoms with Crippen LogP contribution < -0.4 is 5.32 Å². The first-order valence-corrected chi connectivity index (χ1v) is 25.7. The fourth-order valence-electron chi connectivity index (χ4n) is 7.94. The van der Waals surface area contributed by atoms with Gasteiger partial charge in [-0.2, -0.15) is 0 Å². The van der Waals surface area contributed by atoms with Crippen molar-refractivity contribution in [3.8, 4) is 0 Å². The summed E-state index contributed by atoms with van der Waals surface area (Å²) in [5.74, 6) is -0.268. The highest BCUT2D eigenvalue weighted by Gasteiger charge is 2.51. The molecule has 0 spiro atoms. The van der Waals surface area contributed by atoms with Crippen LogP contribution in [0.1, 0.15) is 162 Å². The van der Waals surface area contributed by atoms with E-state index in [9.17, 15) is 45.6 Å². The average Bonchev–Trinajstić information content (AvgIpc) is 3.32. The molecule has 2 saturated heterocycles. The summed E-state index contributed by atoms with van der Waals surface area (Å²) in [4.78, 5) is 13.2. The Hall–Kier alpha value is -2.57. The van der Waals surface area contributed by atoms with E-state index in [0.29, 0.717) is 12.8 Å². The molecule has 2 aliphatic heterocycles. The van der Waals surface area contributed by atoms with Crippen LogP contribution in [0.15, 0.2) is 72.9 Å². The normalized spacial score (nSPS) is 27.2. The summed E-state index contributed by atoms with van der Waals surface area (Å²) in [6.07, 6.45) is 32.2. The van der Waals surface area contributed by atoms with Gasteiger partial charge in [0, 0.05) is 6.42 Å². The van der Waals surface area contributed by atoms with E-state index in [1.54, 1.807) is 6.08 Å². The molecule has 0 aromatic carbocycles. The number of nitrogens with one attached hydrogen (secondary N) is 1. The molecule has 386 valence electrons. The van der Waals surface area contributed by atoms with Crippen LogP contribution in [0, 0.1) is 0 Å². The zero-order valence-corrected chi connectivity index (χ0v) is 40.9. The van der Waals surface area contributed by atoms with E-state index in [1.807, 2.05) is 6.08 Å². The number of unbranched alkanes of at least 4 members (excludes halogenated alkanes) is 15. The standard InChI is InChI=1S/C53H91NO13/c1-3-5-7-9-11-13-15-17-19-20-21-22-23-25-27-29-31-33-35-37-45(58)54-41(42(57)36-34-32-30-28-26-24-18-16-14-12-10-8-6-4-2)40-64-52-50(63)48(61)51(44(39-56)66-52)67-53-49(62)47(60)46(59)43(38-55)65-53/h5,7,11,13,17,19,21-22,26,28,34,36,41-44,46-53,55-57,59-63H,3-4,6,8-10,12,14-16,18,20,23-25,27,29-33,35,37-40H2,1-2H3,(H,54,58)/b7-5-,13-11-,19-17-,22-21-,28-26+,36-34+. The lowest BCUT2D eigenvalue weighted by Gasteiger charge is -2.46. The van der Waals surface area contributed by atoms with Crippen molar-refractivity contribution in [3.05, 3.63) is 72.9 Å². The Morgan fingerprint density at radius 2 is 1.04 bits per heavy atom. The third kappa shape index (κ3) is 26.3. The van der Waals surface area contributed by atoms with Gasteiger partial charge in [-0.25, -0.2) is 0 Å². The molecule has 0 saturated carbocycles. The van der Waals surface area contributed by atoms with Crippen LogP contribution in [0.3, 0.4) is 0 Å². The highest BCUT2D eigenvalue weighted by atomic mass is 16.7. The molecule has 0 bridgehead atoms. The van der Waals surface area contributed by atoms with E-state index in [0.717, 1.165) is 77.0 Å². The summed E-state index contributed by atoms with van der Waals surface area (Å²) in [6, 6.07) is -0.941. The van der Waals surface area contributed by atoms with Crippen LogP contribution >= 0.6 is 0 Å². The average molecular weight is 950 g/mol. The molecule has 0 radical (unpaired) electrons. The van der Waals surface area contributed by atoms with Crippen molar-refractivity contribution >= 4 is 5.91 Å². The zero-order valence-electron chi connectivity index (χ0n) is 40.9. The molecule has 14 heteroatoms. The number of aliphatic hydroxyl groups is 8. The summed E-state index contributed by atoms with van der Waals surface area (Å²) < 4.78 is 22.7. The number of carbonyl (C=O) groups excluding carboxylic acids is 1. The van der Waals surface area contributed by atoms with Crippen LogP contribution in [0.4, 0.5) is 0 Å². The molecule has 2 heterocycles. The van der Waals surface area contributed by atoms with Gasteiger partial charge in [0.25, 0.3) is 0 Å². The Kier molecular flexibility index (Phi) is 35.4. The summed E-state index contributed by atoms with van der Waals surface area (Å²) >= 11 is 0. The van der Waals surface area contributed by atoms with E-state index in [1.165, 1.54) is 51.4 Å². The largest absolute Gasteiger partial charge is 0.394 e. The lowest BCUT2D eigenvalue weighted by molar-refractivity contribution is -0.359. The van der Waals surface area contributed by atoms with Gasteiger partial charge >= 0.3 is 0 Å². The van der Waals surface area contributed by atoms with E-state index >= 15 is 0 Å². The number of aliphatic hydroxyl groups excluding tert-OH is 8. The molecule has 0 aliphatic carbocycles. The molecule has 67 heavy (non-hydrogen) atoms. The van der Waals surface area contributed by atoms with Crippen LogP contribution in [-0.2, 0) is 23.7 Å². The fraction of sp³-hybridized carbons (Fsp3) is 0.755. The first-order valence-electron chi connectivity index (χ1n) is 25.7. The van der Waals surface area contributed by atoms with Gasteiger partial charge in [-0.3, -0.25) is 4.79 Å². The Morgan fingerprint density at radius 3 is 1.64 bits per heavy atom. The fourth-order valence-corrected chi connectivity index (χ4v) is 7.94. The topological polar surface area (TPSA) is 228 Å². The maximum absolute atomic E-state index is 13.2. The van der Waals surface area contributed by atoms with Crippen LogP contribution in [0.5, 0.6) is 0 Å². The molecule has 2 rings (SSSR count). The van der Waals surface area contributed by atoms with Gasteiger partial charge < -0.3 is 65.1 Å². The molecule has 1 amide bonds. The summed E-state index contributed by atoms with van der Waals surface area (Å²) in [5.41, 5.74) is 0. The number of carbonyl (C=O) groups is 1. The van der Waals surface area contributed by atoms with Gasteiger partial charge in [0.15, 0.2) is 12.6 Å². The molecular weight excluding hydrogens is 859 g/mol. The molecule has 12 atom stereocenters. The minimum absolute atomic E-state index is 0.253. The number of allylic oxidation sites excluding steroid dienone is 11. The van der Waals surface area contributed by atoms with Crippen LogP contribution in [0.25, 0.3) is 0 Å². The first kappa shape index (κ1) is 60.6. The molecule has 2 aliphatic rings. The maximum atomic E-state index is 13.2. The highest BCUT2D eigenvalue weighted by Crippen LogP contribution is 2.30. The first-order chi connectivity index (χ1) is 32.6. The van der Waals surface area contributed by atoms with Crippen molar-refractivity contribution in [1.29, 1.82) is 0 Å². The zero-order chi connectivity index (χ0) is 48.9. The number of hydrogen-bond donors (Lipinski definition) is 9. The molecule has 0 aromatic heterocycles. The van der Waals surface area contributed by atoms with E-state index in [4.69, 9.17) is 18.9 Å². The number of rotatable bonds is 38. The number of ether oxygens (including phenoxy) is 4. The molecule has 2 fully saturated rings. The predicted molar refractivity (Wildman–Crippen MR) is 263 cm³/mol. The quantitative estimate of drug-likeness (QED) is 0.0229. The summed E-state index contributed by atoms with van der Waals surface area (Å²) in [7, 11) is 0. The number of hydrogen-bond acceptors (Lipinski definition) is 13. The van der Waals surface area contributed by atoms with Gasteiger partial charge in [0.05, 0.1) is 32.0 Å². The minimum Gasteiger partial charge on any atom is -0.394 e. The molecule has 9 N–H and O–H groups in total. The van der Waals surface area contributed by atoms with Crippen LogP contribution in [-0.4, -0.2) is 140 Å². The van der Waals surface area contributed by atoms with Crippen molar-refractivity contribution in [1.82, 2.24) is 5.32 Å². The summed E-state index contributed by atoms with van der Waals surface area (Å²) in [6.45, 7) is 2.62. The van der Waals surface area contributed by atoms with Gasteiger partial charge in [0.2, 0.25) is 5.91 Å². The molecule has 14 nitrogen and oxygen atoms in total. The highest BCUT2D eigenvalue weighted by molar-refractivity contribution is 5.76. The minimum atomic E-state index is -1.79. The Bertz CT molecular complexity index is 1400. The smallest absolute Gasteiger partial charge is 0.220 e. The SMILES string of the molecule is CC/C=C\C/C=C\C/C=C\C/C=C\CCCCCCCCC(=O)NC(COC1OC(CO)C(OC2OC(CO)C(O)C(O)C2O)C(O)C1O)C(O)/C=C/CC/C=C/CCCCCCCCCC. The summed E-state index contributed by atoms with van der Waals surface area (Å²) in [5, 5.41) is 86.7. The van der Waals surface area contributed by atoms with Crippen molar-refractivity contribution < 1.29 is 64.6 Å². The van der Waals surface area contributed by atoms with Gasteiger partial charge in [-0.15, -0.1) is 0 Å². The lowest BCUT2D eigenvalue weighted by Crippen LogP contribution is -2.65. The van der Waals surface area contributed by atoms with E-state index in [-0.39, 0.29) is 18.9 Å². The van der Waals surface area contributed by atoms with Crippen molar-refractivity contribution in [2.24, 2.45) is 0 Å². The van der Waals surface area contributed by atoms with Gasteiger partial charge in [-0.1, -0.05) is 157 Å². The Morgan fingerprint density at radius 1 is 0.552 bits per heavy atom. The van der Waals surface area contributed by atoms with Gasteiger partial charge in [0.1, 0.15) is 48.8 Å². The second-order valence-electron chi connectivity index (χ2n) is 17.9. The lowest BCUT2D eigenvalue weighted by atomic mass is 9.97. The second kappa shape index (κ2) is 39.2.